The molecule has 218 valence electrons. The maximum atomic E-state index is 10.4. The van der Waals surface area contributed by atoms with E-state index in [1.807, 2.05) is 0 Å². The number of nitrogen functional groups attached to an aromatic ring is 1. The van der Waals surface area contributed by atoms with Crippen molar-refractivity contribution in [3.63, 3.8) is 0 Å². The third-order valence-corrected chi connectivity index (χ3v) is 4.60. The number of nitrogens with two attached hydrogens (primary N) is 1. The topological polar surface area (TPSA) is 236 Å². The summed E-state index contributed by atoms with van der Waals surface area (Å²) in [5, 5.41) is 20.2. The molecule has 3 aromatic heterocycles. The number of nitrogens with zero attached hydrogens (tertiary/aromatic N) is 8. The van der Waals surface area contributed by atoms with E-state index in [1.54, 1.807) is 0 Å². The molecule has 0 aromatic carbocycles. The predicted octanol–water partition coefficient (Wildman–Crippen LogP) is 2.97. The van der Waals surface area contributed by atoms with E-state index in [0.717, 1.165) is 25.6 Å². The van der Waals surface area contributed by atoms with Crippen molar-refractivity contribution in [1.82, 2.24) is 29.9 Å². The second kappa shape index (κ2) is 18.0. The van der Waals surface area contributed by atoms with Gasteiger partial charge in [0.05, 0.1) is 44.5 Å². The number of anilines is 1. The molecule has 0 bridgehead atoms. The van der Waals surface area contributed by atoms with Crippen LogP contribution in [0.15, 0.2) is 18.6 Å². The van der Waals surface area contributed by atoms with Crippen LogP contribution >= 0.6 is 23.2 Å². The van der Waals surface area contributed by atoms with Gasteiger partial charge in [0.15, 0.2) is 0 Å². The number of hydrogen-bond donors (Lipinski definition) is 1. The van der Waals surface area contributed by atoms with Gasteiger partial charge in [-0.15, -0.1) is 0 Å². The van der Waals surface area contributed by atoms with Gasteiger partial charge < -0.3 is 29.4 Å². The molecule has 0 radical (unpaired) electrons. The Morgan fingerprint density at radius 3 is 1.70 bits per heavy atom. The molecule has 40 heavy (non-hydrogen) atoms. The largest absolute Gasteiger partial charge is 0.479 e. The number of methoxy groups -OCH3 is 4. The van der Waals surface area contributed by atoms with Crippen molar-refractivity contribution in [3.8, 4) is 23.8 Å². The summed E-state index contributed by atoms with van der Waals surface area (Å²) in [5.41, 5.74) is 5.21. The number of rotatable bonds is 6. The molecule has 3 aromatic rings. The molecule has 2 N–H and O–H groups in total. The molecule has 1 aliphatic heterocycles. The normalized spacial score (nSPS) is 11.2. The third-order valence-electron chi connectivity index (χ3n) is 4.14. The Hall–Kier alpha value is -4.42. The number of aromatic nitrogens is 6. The van der Waals surface area contributed by atoms with Gasteiger partial charge in [-0.25, -0.2) is 9.97 Å². The van der Waals surface area contributed by atoms with E-state index >= 15 is 0 Å². The fraction of sp³-hybridized carbons (Fsp3) is 0.400. The first-order valence-electron chi connectivity index (χ1n) is 10.8. The van der Waals surface area contributed by atoms with Gasteiger partial charge in [-0.05, 0) is 24.4 Å². The lowest BCUT2D eigenvalue weighted by atomic mass is 10.4. The van der Waals surface area contributed by atoms with Crippen LogP contribution in [0.5, 0.6) is 23.8 Å². The highest BCUT2D eigenvalue weighted by Gasteiger charge is 2.18. The third kappa shape index (κ3) is 11.5. The Balaban J connectivity index is 0.000000277. The zero-order valence-corrected chi connectivity index (χ0v) is 23.2. The highest BCUT2D eigenvalue weighted by atomic mass is 35.5. The van der Waals surface area contributed by atoms with Gasteiger partial charge >= 0.3 is 23.4 Å². The molecule has 0 unspecified atom stereocenters. The predicted molar refractivity (Wildman–Crippen MR) is 140 cm³/mol. The highest BCUT2D eigenvalue weighted by Crippen LogP contribution is 2.24. The van der Waals surface area contributed by atoms with E-state index in [2.05, 4.69) is 39.4 Å². The summed E-state index contributed by atoms with van der Waals surface area (Å²) in [6.45, 7) is 2.00. The van der Waals surface area contributed by atoms with Crippen molar-refractivity contribution in [2.75, 3.05) is 47.4 Å². The summed E-state index contributed by atoms with van der Waals surface area (Å²) >= 11 is 10.6. The van der Waals surface area contributed by atoms with Crippen LogP contribution in [0.25, 0.3) is 0 Å². The molecule has 0 spiro atoms. The van der Waals surface area contributed by atoms with Crippen LogP contribution in [0.2, 0.25) is 10.4 Å². The molecular weight excluding hydrogens is 581 g/mol. The minimum atomic E-state index is -0.682. The van der Waals surface area contributed by atoms with Crippen LogP contribution in [0.4, 0.5) is 17.1 Å². The molecular formula is C20H25Cl2N9O9. The first kappa shape index (κ1) is 33.6. The van der Waals surface area contributed by atoms with Gasteiger partial charge in [-0.1, -0.05) is 11.6 Å². The van der Waals surface area contributed by atoms with Crippen LogP contribution in [0, 0.1) is 20.2 Å². The summed E-state index contributed by atoms with van der Waals surface area (Å²) in [6, 6.07) is 0.276. The summed E-state index contributed by atoms with van der Waals surface area (Å²) in [7, 11) is 5.61. The number of nitro groups is 2. The van der Waals surface area contributed by atoms with Gasteiger partial charge in [0.2, 0.25) is 16.3 Å². The van der Waals surface area contributed by atoms with Gasteiger partial charge in [0.1, 0.15) is 18.1 Å². The van der Waals surface area contributed by atoms with Crippen molar-refractivity contribution < 1.29 is 33.5 Å². The summed E-state index contributed by atoms with van der Waals surface area (Å²) in [5.74, 6) is 0.216. The van der Waals surface area contributed by atoms with Gasteiger partial charge in [-0.3, -0.25) is 20.2 Å². The van der Waals surface area contributed by atoms with Crippen molar-refractivity contribution in [3.05, 3.63) is 49.3 Å². The Labute approximate surface area is 237 Å². The average molecular weight is 606 g/mol. The Kier molecular flexibility index (Phi) is 15.1. The molecule has 0 amide bonds. The van der Waals surface area contributed by atoms with E-state index in [0.29, 0.717) is 11.6 Å². The van der Waals surface area contributed by atoms with E-state index in [-0.39, 0.29) is 39.7 Å². The number of ether oxygens (including phenoxy) is 5. The molecule has 4 heterocycles. The Morgan fingerprint density at radius 1 is 0.775 bits per heavy atom. The van der Waals surface area contributed by atoms with Gasteiger partial charge in [0, 0.05) is 13.2 Å². The Bertz CT molecular complexity index is 1250. The second-order valence-electron chi connectivity index (χ2n) is 6.72. The molecule has 0 aliphatic carbocycles. The molecule has 1 saturated heterocycles. The molecule has 1 aliphatic rings. The second-order valence-corrected chi connectivity index (χ2v) is 7.42. The maximum Gasteiger partial charge on any atom is 0.349 e. The zero-order chi connectivity index (χ0) is 30.1. The zero-order valence-electron chi connectivity index (χ0n) is 21.6. The average Bonchev–Trinajstić information content (AvgIpc) is 3.54. The highest BCUT2D eigenvalue weighted by molar-refractivity contribution is 6.33. The van der Waals surface area contributed by atoms with Crippen molar-refractivity contribution >= 4 is 40.3 Å². The fourth-order valence-electron chi connectivity index (χ4n) is 2.31. The monoisotopic (exact) mass is 605 g/mol. The lowest BCUT2D eigenvalue weighted by molar-refractivity contribution is -0.386. The Morgan fingerprint density at radius 2 is 1.27 bits per heavy atom. The lowest BCUT2D eigenvalue weighted by Gasteiger charge is -2.02. The van der Waals surface area contributed by atoms with E-state index < -0.39 is 9.85 Å². The first-order valence-corrected chi connectivity index (χ1v) is 11.5. The SMILES string of the molecule is C1CCOC1.COc1ncc(N)c(OC)n1.COc1ncc([N+](=O)[O-])c(OC)n1.O=[N+]([O-])c1cnc(Cl)nc1Cl. The lowest BCUT2D eigenvalue weighted by Crippen LogP contribution is -1.99. The van der Waals surface area contributed by atoms with E-state index in [1.165, 1.54) is 47.5 Å². The maximum absolute atomic E-state index is 10.4. The summed E-state index contributed by atoms with van der Waals surface area (Å²) < 4.78 is 23.9. The van der Waals surface area contributed by atoms with Crippen LogP contribution < -0.4 is 24.7 Å². The van der Waals surface area contributed by atoms with Crippen molar-refractivity contribution in [1.29, 1.82) is 0 Å². The number of hydrogen-bond acceptors (Lipinski definition) is 16. The summed E-state index contributed by atoms with van der Waals surface area (Å²) in [4.78, 5) is 40.8. The first-order chi connectivity index (χ1) is 19.1. The molecule has 0 atom stereocenters. The fourth-order valence-corrected chi connectivity index (χ4v) is 2.68. The van der Waals surface area contributed by atoms with Crippen molar-refractivity contribution in [2.45, 2.75) is 12.8 Å². The number of halogens is 2. The minimum Gasteiger partial charge on any atom is -0.479 e. The van der Waals surface area contributed by atoms with Gasteiger partial charge in [0.25, 0.3) is 5.88 Å². The van der Waals surface area contributed by atoms with Crippen LogP contribution in [-0.4, -0.2) is 81.4 Å². The van der Waals surface area contributed by atoms with Gasteiger partial charge in [-0.2, -0.15) is 19.9 Å². The van der Waals surface area contributed by atoms with Crippen LogP contribution in [-0.2, 0) is 4.74 Å². The quantitative estimate of drug-likeness (QED) is 0.184. The summed E-state index contributed by atoms with van der Waals surface area (Å²) in [6.07, 6.45) is 5.98. The molecule has 0 saturated carbocycles. The molecule has 1 fully saturated rings. The molecule has 18 nitrogen and oxygen atoms in total. The van der Waals surface area contributed by atoms with Crippen LogP contribution in [0.3, 0.4) is 0 Å². The van der Waals surface area contributed by atoms with Crippen molar-refractivity contribution in [2.24, 2.45) is 0 Å². The van der Waals surface area contributed by atoms with E-state index in [9.17, 15) is 20.2 Å². The smallest absolute Gasteiger partial charge is 0.349 e. The molecule has 4 rings (SSSR count). The molecule has 20 heteroatoms. The standard InChI is InChI=1S/C6H7N3O4.C6H9N3O2.C4HCl2N3O2.C4H8O/c1-12-5-4(9(10)11)3-7-6(8-5)13-2;1-10-5-4(7)3-8-6(9-5)11-2;5-3-2(9(10)11)1-7-4(6)8-3;1-2-4-5-3-1/h3H,1-2H3;3H,7H2,1-2H3;1H;1-4H2. The van der Waals surface area contributed by atoms with Crippen LogP contribution in [0.1, 0.15) is 12.8 Å². The minimum absolute atomic E-state index is 0.0300. The van der Waals surface area contributed by atoms with E-state index in [4.69, 9.17) is 43.1 Å².